The summed E-state index contributed by atoms with van der Waals surface area (Å²) < 4.78 is 7.98. The molecule has 1 aromatic heterocycles. The second-order valence-electron chi connectivity index (χ2n) is 11.0. The van der Waals surface area contributed by atoms with Gasteiger partial charge in [0.2, 0.25) is 17.7 Å². The average Bonchev–Trinajstić information content (AvgIpc) is 3.63. The highest BCUT2D eigenvalue weighted by atomic mass is 16.5. The highest BCUT2D eigenvalue weighted by Gasteiger charge is 2.43. The number of amides is 4. The number of carbonyl (C=O) groups excluding carboxylic acids is 4. The maximum absolute atomic E-state index is 13.5. The summed E-state index contributed by atoms with van der Waals surface area (Å²) in [5.74, 6) is -0.970. The van der Waals surface area contributed by atoms with Crippen LogP contribution in [0.3, 0.4) is 0 Å². The van der Waals surface area contributed by atoms with E-state index in [2.05, 4.69) is 26.3 Å². The minimum Gasteiger partial charge on any atom is -0.491 e. The Kier molecular flexibility index (Phi) is 9.79. The molecule has 1 fully saturated rings. The zero-order chi connectivity index (χ0) is 28.5. The predicted molar refractivity (Wildman–Crippen MR) is 148 cm³/mol. The van der Waals surface area contributed by atoms with Crippen LogP contribution in [0.25, 0.3) is 0 Å². The normalized spacial score (nSPS) is 21.8. The van der Waals surface area contributed by atoms with Gasteiger partial charge in [-0.1, -0.05) is 38.8 Å². The number of aryl methyl sites for hydroxylation is 1. The second-order valence-corrected chi connectivity index (χ2v) is 11.0. The molecule has 40 heavy (non-hydrogen) atoms. The van der Waals surface area contributed by atoms with Crippen molar-refractivity contribution in [2.45, 2.75) is 83.0 Å². The van der Waals surface area contributed by atoms with Crippen molar-refractivity contribution in [1.29, 1.82) is 0 Å². The first-order valence-electron chi connectivity index (χ1n) is 14.2. The summed E-state index contributed by atoms with van der Waals surface area (Å²) >= 11 is 0. The molecule has 1 aromatic carbocycles. The summed E-state index contributed by atoms with van der Waals surface area (Å²) in [6, 6.07) is 5.54. The van der Waals surface area contributed by atoms with Crippen molar-refractivity contribution in [3.8, 4) is 5.75 Å². The first kappa shape index (κ1) is 29.1. The quantitative estimate of drug-likeness (QED) is 0.403. The Labute approximate surface area is 234 Å². The Bertz CT molecular complexity index is 1180. The fraction of sp³-hybridized carbons (Fsp3) is 0.552. The topological polar surface area (TPSA) is 143 Å². The zero-order valence-corrected chi connectivity index (χ0v) is 23.3. The summed E-state index contributed by atoms with van der Waals surface area (Å²) in [6.45, 7) is 5.21. The number of hydrogen-bond acceptors (Lipinski definition) is 6. The summed E-state index contributed by atoms with van der Waals surface area (Å²) in [4.78, 5) is 57.2. The first-order valence-corrected chi connectivity index (χ1v) is 14.2. The van der Waals surface area contributed by atoms with Crippen molar-refractivity contribution < 1.29 is 23.9 Å². The van der Waals surface area contributed by atoms with Crippen molar-refractivity contribution >= 4 is 23.6 Å². The van der Waals surface area contributed by atoms with Crippen LogP contribution < -0.4 is 26.0 Å². The molecule has 11 nitrogen and oxygen atoms in total. The van der Waals surface area contributed by atoms with Gasteiger partial charge in [0.15, 0.2) is 0 Å². The monoisotopic (exact) mass is 552 g/mol. The lowest BCUT2D eigenvalue weighted by atomic mass is 9.94. The maximum atomic E-state index is 13.5. The van der Waals surface area contributed by atoms with Gasteiger partial charge in [0, 0.05) is 31.9 Å². The van der Waals surface area contributed by atoms with Crippen LogP contribution in [-0.4, -0.2) is 64.0 Å². The van der Waals surface area contributed by atoms with Crippen LogP contribution in [0.15, 0.2) is 43.0 Å². The van der Waals surface area contributed by atoms with Crippen molar-refractivity contribution in [3.63, 3.8) is 0 Å². The van der Waals surface area contributed by atoms with E-state index >= 15 is 0 Å². The molecule has 4 N–H and O–H groups in total. The molecule has 0 bridgehead atoms. The molecule has 4 rings (SSSR count). The minimum absolute atomic E-state index is 0.0197. The molecule has 11 heteroatoms. The molecule has 1 saturated carbocycles. The predicted octanol–water partition coefficient (Wildman–Crippen LogP) is 1.93. The third-order valence-electron chi connectivity index (χ3n) is 7.68. The molecule has 1 spiro atoms. The Morgan fingerprint density at radius 3 is 2.67 bits per heavy atom. The van der Waals surface area contributed by atoms with E-state index < -0.39 is 17.5 Å². The molecule has 0 saturated heterocycles. The fourth-order valence-electron chi connectivity index (χ4n) is 5.18. The smallest absolute Gasteiger partial charge is 0.255 e. The number of fused-ring (bicyclic) bond motifs is 1. The van der Waals surface area contributed by atoms with E-state index in [1.54, 1.807) is 36.8 Å². The van der Waals surface area contributed by atoms with E-state index in [4.69, 9.17) is 4.74 Å². The zero-order valence-electron chi connectivity index (χ0n) is 23.3. The molecular weight excluding hydrogens is 512 g/mol. The molecule has 216 valence electrons. The lowest BCUT2D eigenvalue weighted by Gasteiger charge is -2.32. The molecule has 1 aliphatic carbocycles. The van der Waals surface area contributed by atoms with Crippen molar-refractivity contribution in [3.05, 3.63) is 48.5 Å². The first-order chi connectivity index (χ1) is 19.3. The molecule has 0 unspecified atom stereocenters. The highest BCUT2D eigenvalue weighted by molar-refractivity contribution is 6.00. The fourth-order valence-corrected chi connectivity index (χ4v) is 5.18. The van der Waals surface area contributed by atoms with Gasteiger partial charge in [-0.05, 0) is 43.7 Å². The van der Waals surface area contributed by atoms with Crippen LogP contribution in [0, 0.1) is 5.92 Å². The number of carbonyl (C=O) groups is 4. The molecule has 0 radical (unpaired) electrons. The molecule has 4 amide bonds. The molecule has 2 atom stereocenters. The van der Waals surface area contributed by atoms with E-state index in [1.807, 2.05) is 24.6 Å². The Hall–Kier alpha value is -3.89. The van der Waals surface area contributed by atoms with E-state index in [0.717, 1.165) is 12.8 Å². The number of aromatic nitrogens is 2. The van der Waals surface area contributed by atoms with Gasteiger partial charge in [-0.2, -0.15) is 0 Å². The second kappa shape index (κ2) is 13.5. The summed E-state index contributed by atoms with van der Waals surface area (Å²) in [6.07, 6.45) is 8.77. The van der Waals surface area contributed by atoms with Crippen molar-refractivity contribution in [1.82, 2.24) is 30.8 Å². The number of benzene rings is 1. The van der Waals surface area contributed by atoms with Crippen molar-refractivity contribution in [2.75, 3.05) is 13.2 Å². The minimum atomic E-state index is -0.989. The van der Waals surface area contributed by atoms with Crippen LogP contribution in [0.5, 0.6) is 5.75 Å². The van der Waals surface area contributed by atoms with Gasteiger partial charge in [-0.3, -0.25) is 19.2 Å². The van der Waals surface area contributed by atoms with Gasteiger partial charge in [0.1, 0.15) is 23.9 Å². The Morgan fingerprint density at radius 2 is 1.95 bits per heavy atom. The van der Waals surface area contributed by atoms with Crippen molar-refractivity contribution in [2.24, 2.45) is 5.92 Å². The van der Waals surface area contributed by atoms with Crippen LogP contribution >= 0.6 is 0 Å². The maximum Gasteiger partial charge on any atom is 0.255 e. The number of para-hydroxylation sites is 1. The van der Waals surface area contributed by atoms with E-state index in [0.29, 0.717) is 38.1 Å². The molecule has 1 aliphatic heterocycles. The van der Waals surface area contributed by atoms with E-state index in [-0.39, 0.29) is 54.7 Å². The standard InChI is InChI=1S/C29H40N6O5/c1-20(2)23-18-40-24-9-4-3-8-21(24)26(37)32-22(27(38)31-14-7-16-35-17-15-30-19-35)10-11-25(36)34-29(28(39)33-23)12-5-6-13-29/h3-4,8-9,15,17,19-20,22-23H,5-7,10-14,16,18H2,1-2H3,(H,31,38)(H,32,37)(H,33,39)(H,34,36)/t22-,23-/m0/s1. The van der Waals surface area contributed by atoms with Crippen LogP contribution in [0.4, 0.5) is 0 Å². The van der Waals surface area contributed by atoms with Gasteiger partial charge < -0.3 is 30.6 Å². The number of imidazole rings is 1. The largest absolute Gasteiger partial charge is 0.491 e. The number of nitrogens with one attached hydrogen (secondary N) is 4. The molecule has 2 aliphatic rings. The molecular formula is C29H40N6O5. The van der Waals surface area contributed by atoms with Gasteiger partial charge in [0.05, 0.1) is 17.9 Å². The summed E-state index contributed by atoms with van der Waals surface area (Å²) in [5.41, 5.74) is -0.711. The van der Waals surface area contributed by atoms with Gasteiger partial charge >= 0.3 is 0 Å². The summed E-state index contributed by atoms with van der Waals surface area (Å²) in [5, 5.41) is 11.8. The third kappa shape index (κ3) is 7.40. The number of ether oxygens (including phenoxy) is 1. The SMILES string of the molecule is CC(C)[C@@H]1COc2ccccc2C(=O)N[C@H](C(=O)NCCCn2ccnc2)CCC(=O)NC2(CCCC2)C(=O)N1. The van der Waals surface area contributed by atoms with Gasteiger partial charge in [0.25, 0.3) is 5.91 Å². The van der Waals surface area contributed by atoms with Gasteiger partial charge in [-0.15, -0.1) is 0 Å². The van der Waals surface area contributed by atoms with Gasteiger partial charge in [-0.25, -0.2) is 4.98 Å². The lowest BCUT2D eigenvalue weighted by Crippen LogP contribution is -2.60. The highest BCUT2D eigenvalue weighted by Crippen LogP contribution is 2.31. The van der Waals surface area contributed by atoms with E-state index in [1.165, 1.54) is 0 Å². The molecule has 2 aromatic rings. The average molecular weight is 553 g/mol. The Morgan fingerprint density at radius 1 is 1.18 bits per heavy atom. The molecule has 2 heterocycles. The Balaban J connectivity index is 1.54. The number of hydrogen-bond donors (Lipinski definition) is 4. The number of rotatable bonds is 6. The van der Waals surface area contributed by atoms with Crippen LogP contribution in [0.2, 0.25) is 0 Å². The van der Waals surface area contributed by atoms with E-state index in [9.17, 15) is 19.2 Å². The lowest BCUT2D eigenvalue weighted by molar-refractivity contribution is -0.134. The third-order valence-corrected chi connectivity index (χ3v) is 7.68. The number of nitrogens with zero attached hydrogens (tertiary/aromatic N) is 2. The van der Waals surface area contributed by atoms with Crippen LogP contribution in [-0.2, 0) is 20.9 Å². The van der Waals surface area contributed by atoms with Crippen LogP contribution in [0.1, 0.15) is 69.2 Å². The summed E-state index contributed by atoms with van der Waals surface area (Å²) in [7, 11) is 0.